The fourth-order valence-corrected chi connectivity index (χ4v) is 6.98. The van der Waals surface area contributed by atoms with Gasteiger partial charge in [0.2, 0.25) is 11.8 Å². The lowest BCUT2D eigenvalue weighted by atomic mass is 10.0. The van der Waals surface area contributed by atoms with Gasteiger partial charge in [0.05, 0.1) is 10.6 Å². The maximum absolute atomic E-state index is 14.6. The molecule has 4 aromatic carbocycles. The molecule has 0 spiro atoms. The Kier molecular flexibility index (Phi) is 11.2. The van der Waals surface area contributed by atoms with Crippen molar-refractivity contribution in [2.45, 2.75) is 64.1 Å². The van der Waals surface area contributed by atoms with Crippen molar-refractivity contribution < 1.29 is 18.0 Å². The average molecular weight is 681 g/mol. The standard InChI is InChI=1S/C36H39Cl2N3O4S/c1-25-14-16-32(17-15-25)46(44,45)41(31-21-29(37)20-30(38)22-31)24-34(42)40(23-28-13-9-10-26(2)18-28)33(35(43)39-36(3,4)5)19-27-11-7-6-8-12-27/h6-18,20-22,33H,19,23-24H2,1-5H3,(H,39,43)/t33-/m0/s1. The van der Waals surface area contributed by atoms with Gasteiger partial charge in [-0.3, -0.25) is 13.9 Å². The number of sulfonamides is 1. The lowest BCUT2D eigenvalue weighted by Crippen LogP contribution is -2.56. The lowest BCUT2D eigenvalue weighted by Gasteiger charge is -2.35. The summed E-state index contributed by atoms with van der Waals surface area (Å²) in [6, 6.07) is 26.9. The predicted octanol–water partition coefficient (Wildman–Crippen LogP) is 7.36. The first-order valence-corrected chi connectivity index (χ1v) is 17.1. The molecule has 10 heteroatoms. The Labute approximate surface area is 282 Å². The molecule has 0 saturated carbocycles. The molecule has 0 heterocycles. The predicted molar refractivity (Wildman–Crippen MR) is 186 cm³/mol. The summed E-state index contributed by atoms with van der Waals surface area (Å²) in [7, 11) is -4.28. The Bertz CT molecular complexity index is 1770. The minimum absolute atomic E-state index is 0.00135. The van der Waals surface area contributed by atoms with Gasteiger partial charge in [-0.25, -0.2) is 8.42 Å². The molecule has 0 aliphatic rings. The Balaban J connectivity index is 1.84. The van der Waals surface area contributed by atoms with Crippen molar-refractivity contribution in [3.05, 3.63) is 129 Å². The highest BCUT2D eigenvalue weighted by Gasteiger charge is 2.35. The van der Waals surface area contributed by atoms with Crippen LogP contribution in [0.2, 0.25) is 10.0 Å². The molecule has 0 unspecified atom stereocenters. The monoisotopic (exact) mass is 679 g/mol. The molecule has 1 atom stereocenters. The van der Waals surface area contributed by atoms with E-state index >= 15 is 0 Å². The first-order valence-electron chi connectivity index (χ1n) is 14.9. The quantitative estimate of drug-likeness (QED) is 0.179. The van der Waals surface area contributed by atoms with Gasteiger partial charge in [0.25, 0.3) is 10.0 Å². The summed E-state index contributed by atoms with van der Waals surface area (Å²) in [4.78, 5) is 30.0. The molecule has 0 radical (unpaired) electrons. The maximum atomic E-state index is 14.6. The van der Waals surface area contributed by atoms with E-state index in [0.717, 1.165) is 26.6 Å². The van der Waals surface area contributed by atoms with E-state index < -0.39 is 34.1 Å². The second-order valence-electron chi connectivity index (χ2n) is 12.4. The maximum Gasteiger partial charge on any atom is 0.264 e. The van der Waals surface area contributed by atoms with Crippen molar-refractivity contribution in [1.82, 2.24) is 10.2 Å². The second kappa shape index (κ2) is 14.7. The van der Waals surface area contributed by atoms with Gasteiger partial charge >= 0.3 is 0 Å². The summed E-state index contributed by atoms with van der Waals surface area (Å²) in [5.74, 6) is -0.922. The summed E-state index contributed by atoms with van der Waals surface area (Å²) in [5.41, 5.74) is 3.06. The molecule has 1 N–H and O–H groups in total. The third-order valence-electron chi connectivity index (χ3n) is 7.23. The van der Waals surface area contributed by atoms with Gasteiger partial charge in [-0.2, -0.15) is 0 Å². The Morgan fingerprint density at radius 1 is 0.783 bits per heavy atom. The summed E-state index contributed by atoms with van der Waals surface area (Å²) < 4.78 is 29.4. The smallest absolute Gasteiger partial charge is 0.264 e. The van der Waals surface area contributed by atoms with E-state index in [4.69, 9.17) is 23.2 Å². The summed E-state index contributed by atoms with van der Waals surface area (Å²) in [6.07, 6.45) is 0.216. The number of carbonyl (C=O) groups is 2. The van der Waals surface area contributed by atoms with Gasteiger partial charge < -0.3 is 10.2 Å². The number of nitrogens with zero attached hydrogens (tertiary/aromatic N) is 2. The van der Waals surface area contributed by atoms with E-state index in [2.05, 4.69) is 5.32 Å². The minimum atomic E-state index is -4.28. The van der Waals surface area contributed by atoms with Crippen LogP contribution in [0.4, 0.5) is 5.69 Å². The van der Waals surface area contributed by atoms with Crippen LogP contribution < -0.4 is 9.62 Å². The van der Waals surface area contributed by atoms with E-state index in [1.807, 2.05) is 89.2 Å². The van der Waals surface area contributed by atoms with E-state index in [0.29, 0.717) is 0 Å². The lowest BCUT2D eigenvalue weighted by molar-refractivity contribution is -0.140. The van der Waals surface area contributed by atoms with E-state index in [-0.39, 0.29) is 39.5 Å². The highest BCUT2D eigenvalue weighted by Crippen LogP contribution is 2.30. The number of anilines is 1. The van der Waals surface area contributed by atoms with Crippen molar-refractivity contribution in [2.75, 3.05) is 10.8 Å². The molecular formula is C36H39Cl2N3O4S. The first kappa shape index (κ1) is 35.0. The molecule has 7 nitrogen and oxygen atoms in total. The van der Waals surface area contributed by atoms with Crippen LogP contribution in [0.1, 0.15) is 43.0 Å². The van der Waals surface area contributed by atoms with Crippen LogP contribution in [0.25, 0.3) is 0 Å². The Hall–Kier alpha value is -3.85. The van der Waals surface area contributed by atoms with Gasteiger partial charge in [0.15, 0.2) is 0 Å². The molecular weight excluding hydrogens is 641 g/mol. The van der Waals surface area contributed by atoms with Crippen LogP contribution in [0.15, 0.2) is 102 Å². The zero-order chi connectivity index (χ0) is 33.6. The number of hydrogen-bond donors (Lipinski definition) is 1. The fourth-order valence-electron chi connectivity index (χ4n) is 5.06. The number of benzene rings is 4. The van der Waals surface area contributed by atoms with Gasteiger partial charge in [-0.05, 0) is 76.1 Å². The first-order chi connectivity index (χ1) is 21.6. The van der Waals surface area contributed by atoms with Crippen molar-refractivity contribution in [2.24, 2.45) is 0 Å². The largest absolute Gasteiger partial charge is 0.350 e. The summed E-state index contributed by atoms with van der Waals surface area (Å²) in [5, 5.41) is 3.45. The van der Waals surface area contributed by atoms with E-state index in [1.165, 1.54) is 35.2 Å². The van der Waals surface area contributed by atoms with Crippen LogP contribution in [0.5, 0.6) is 0 Å². The van der Waals surface area contributed by atoms with Crippen molar-refractivity contribution in [3.63, 3.8) is 0 Å². The summed E-state index contributed by atoms with van der Waals surface area (Å²) >= 11 is 12.6. The van der Waals surface area contributed by atoms with Crippen LogP contribution in [-0.2, 0) is 32.6 Å². The van der Waals surface area contributed by atoms with Crippen LogP contribution in [0, 0.1) is 13.8 Å². The molecule has 0 aliphatic heterocycles. The van der Waals surface area contributed by atoms with Gasteiger partial charge in [0.1, 0.15) is 12.6 Å². The van der Waals surface area contributed by atoms with Crippen LogP contribution in [0.3, 0.4) is 0 Å². The number of nitrogens with one attached hydrogen (secondary N) is 1. The number of aryl methyl sites for hydroxylation is 2. The highest BCUT2D eigenvalue weighted by molar-refractivity contribution is 7.92. The molecule has 242 valence electrons. The fraction of sp³-hybridized carbons (Fsp3) is 0.278. The topological polar surface area (TPSA) is 86.8 Å². The molecule has 0 aromatic heterocycles. The number of carbonyl (C=O) groups excluding carboxylic acids is 2. The van der Waals surface area contributed by atoms with Gasteiger partial charge in [-0.1, -0.05) is 101 Å². The molecule has 4 aromatic rings. The molecule has 0 fully saturated rings. The average Bonchev–Trinajstić information content (AvgIpc) is 2.97. The van der Waals surface area contributed by atoms with Crippen molar-refractivity contribution >= 4 is 50.7 Å². The third kappa shape index (κ3) is 9.34. The Morgan fingerprint density at radius 2 is 1.39 bits per heavy atom. The van der Waals surface area contributed by atoms with Gasteiger partial charge in [-0.15, -0.1) is 0 Å². The van der Waals surface area contributed by atoms with Crippen molar-refractivity contribution in [3.8, 4) is 0 Å². The van der Waals surface area contributed by atoms with Crippen LogP contribution in [-0.4, -0.2) is 43.3 Å². The minimum Gasteiger partial charge on any atom is -0.350 e. The van der Waals surface area contributed by atoms with Crippen LogP contribution >= 0.6 is 23.2 Å². The van der Waals surface area contributed by atoms with Crippen molar-refractivity contribution in [1.29, 1.82) is 0 Å². The van der Waals surface area contributed by atoms with E-state index in [1.54, 1.807) is 12.1 Å². The second-order valence-corrected chi connectivity index (χ2v) is 15.1. The zero-order valence-electron chi connectivity index (χ0n) is 26.6. The Morgan fingerprint density at radius 3 is 1.98 bits per heavy atom. The number of amides is 2. The number of rotatable bonds is 11. The summed E-state index contributed by atoms with van der Waals surface area (Å²) in [6.45, 7) is 8.88. The van der Waals surface area contributed by atoms with Gasteiger partial charge in [0, 0.05) is 28.5 Å². The number of halogens is 2. The normalized spacial score (nSPS) is 12.3. The number of hydrogen-bond acceptors (Lipinski definition) is 4. The molecule has 46 heavy (non-hydrogen) atoms. The molecule has 0 aliphatic carbocycles. The highest BCUT2D eigenvalue weighted by atomic mass is 35.5. The molecule has 4 rings (SSSR count). The van der Waals surface area contributed by atoms with E-state index in [9.17, 15) is 18.0 Å². The molecule has 0 saturated heterocycles. The third-order valence-corrected chi connectivity index (χ3v) is 9.45. The molecule has 0 bridgehead atoms. The molecule has 2 amide bonds. The zero-order valence-corrected chi connectivity index (χ0v) is 29.0. The SMILES string of the molecule is Cc1ccc(S(=O)(=O)N(CC(=O)N(Cc2cccc(C)c2)[C@@H](Cc2ccccc2)C(=O)NC(C)(C)C)c2cc(Cl)cc(Cl)c2)cc1.